The monoisotopic (exact) mass is 428 g/mol. The Labute approximate surface area is 184 Å². The molecule has 0 saturated heterocycles. The molecule has 7 heteroatoms. The van der Waals surface area contributed by atoms with Crippen LogP contribution >= 0.6 is 0 Å². The number of hydrogen-bond donors (Lipinski definition) is 1. The maximum atomic E-state index is 12.5. The van der Waals surface area contributed by atoms with Crippen LogP contribution in [0.25, 0.3) is 0 Å². The van der Waals surface area contributed by atoms with E-state index in [2.05, 4.69) is 10.1 Å². The Morgan fingerprint density at radius 3 is 1.88 bits per heavy atom. The van der Waals surface area contributed by atoms with Crippen molar-refractivity contribution in [1.29, 1.82) is 0 Å². The predicted molar refractivity (Wildman–Crippen MR) is 116 cm³/mol. The summed E-state index contributed by atoms with van der Waals surface area (Å²) in [7, 11) is 1.32. The van der Waals surface area contributed by atoms with Crippen LogP contribution in [-0.4, -0.2) is 35.7 Å². The van der Waals surface area contributed by atoms with Crippen LogP contribution < -0.4 is 5.32 Å². The van der Waals surface area contributed by atoms with E-state index >= 15 is 0 Å². The van der Waals surface area contributed by atoms with Gasteiger partial charge >= 0.3 is 5.97 Å². The maximum Gasteiger partial charge on any atom is 0.337 e. The molecule has 1 N–H and O–H groups in total. The molecule has 0 radical (unpaired) electrons. The number of esters is 1. The highest BCUT2D eigenvalue weighted by Crippen LogP contribution is 2.24. The van der Waals surface area contributed by atoms with E-state index in [4.69, 9.17) is 0 Å². The van der Waals surface area contributed by atoms with E-state index in [-0.39, 0.29) is 24.3 Å². The summed E-state index contributed by atoms with van der Waals surface area (Å²) in [6, 6.07) is 20.3. The van der Waals surface area contributed by atoms with Crippen LogP contribution in [0.5, 0.6) is 0 Å². The minimum absolute atomic E-state index is 0.140. The standard InChI is InChI=1S/C25H20N2O5/c1-32-25(31)19-12-6-16(7-13-19)14-26-22(28)18-10-8-17(9-11-18)15-27-23(29)20-4-2-3-5-21(20)24(27)30/h2-13H,14-15H2,1H3,(H,26,28). The fraction of sp³-hybridized carbons (Fsp3) is 0.120. The molecular weight excluding hydrogens is 408 g/mol. The number of carbonyl (C=O) groups excluding carboxylic acids is 4. The van der Waals surface area contributed by atoms with E-state index in [0.717, 1.165) is 11.1 Å². The van der Waals surface area contributed by atoms with E-state index in [1.807, 2.05) is 0 Å². The number of methoxy groups -OCH3 is 1. The zero-order valence-corrected chi connectivity index (χ0v) is 17.3. The number of ether oxygens (including phenoxy) is 1. The SMILES string of the molecule is COC(=O)c1ccc(CNC(=O)c2ccc(CN3C(=O)c4ccccc4C3=O)cc2)cc1. The lowest BCUT2D eigenvalue weighted by Gasteiger charge is -2.14. The van der Waals surface area contributed by atoms with Gasteiger partial charge < -0.3 is 10.1 Å². The van der Waals surface area contributed by atoms with Gasteiger partial charge in [-0.3, -0.25) is 19.3 Å². The van der Waals surface area contributed by atoms with Crippen molar-refractivity contribution in [3.05, 3.63) is 106 Å². The van der Waals surface area contributed by atoms with Gasteiger partial charge in [-0.2, -0.15) is 0 Å². The highest BCUT2D eigenvalue weighted by Gasteiger charge is 2.34. The van der Waals surface area contributed by atoms with Crippen LogP contribution in [0, 0.1) is 0 Å². The second-order valence-electron chi connectivity index (χ2n) is 7.31. The number of fused-ring (bicyclic) bond motifs is 1. The molecule has 0 fully saturated rings. The Balaban J connectivity index is 1.35. The van der Waals surface area contributed by atoms with E-state index in [0.29, 0.717) is 28.8 Å². The second-order valence-corrected chi connectivity index (χ2v) is 7.31. The smallest absolute Gasteiger partial charge is 0.337 e. The summed E-state index contributed by atoms with van der Waals surface area (Å²) < 4.78 is 4.66. The highest BCUT2D eigenvalue weighted by atomic mass is 16.5. The number of nitrogens with zero attached hydrogens (tertiary/aromatic N) is 1. The molecule has 7 nitrogen and oxygen atoms in total. The van der Waals surface area contributed by atoms with Crippen molar-refractivity contribution in [3.8, 4) is 0 Å². The Bertz CT molecular complexity index is 1160. The molecule has 0 aromatic heterocycles. The predicted octanol–water partition coefficient (Wildman–Crippen LogP) is 3.20. The maximum absolute atomic E-state index is 12.5. The molecule has 3 amide bonds. The Morgan fingerprint density at radius 2 is 1.31 bits per heavy atom. The number of benzene rings is 3. The van der Waals surface area contributed by atoms with Crippen molar-refractivity contribution in [1.82, 2.24) is 10.2 Å². The van der Waals surface area contributed by atoms with Crippen LogP contribution in [-0.2, 0) is 17.8 Å². The van der Waals surface area contributed by atoms with Crippen LogP contribution in [0.1, 0.15) is 52.6 Å². The van der Waals surface area contributed by atoms with Crippen molar-refractivity contribution >= 4 is 23.7 Å². The summed E-state index contributed by atoms with van der Waals surface area (Å²) in [5.41, 5.74) is 3.31. The number of rotatable bonds is 6. The lowest BCUT2D eigenvalue weighted by molar-refractivity contribution is 0.0597. The van der Waals surface area contributed by atoms with Gasteiger partial charge in [0.1, 0.15) is 0 Å². The summed E-state index contributed by atoms with van der Waals surface area (Å²) in [6.45, 7) is 0.442. The second kappa shape index (κ2) is 8.85. The summed E-state index contributed by atoms with van der Waals surface area (Å²) in [6.07, 6.45) is 0. The molecule has 1 aliphatic heterocycles. The quantitative estimate of drug-likeness (QED) is 0.481. The van der Waals surface area contributed by atoms with Crippen molar-refractivity contribution < 1.29 is 23.9 Å². The molecule has 3 aromatic carbocycles. The minimum atomic E-state index is -0.415. The van der Waals surface area contributed by atoms with Gasteiger partial charge in [0.2, 0.25) is 0 Å². The lowest BCUT2D eigenvalue weighted by Crippen LogP contribution is -2.29. The van der Waals surface area contributed by atoms with Gasteiger partial charge in [0.15, 0.2) is 0 Å². The van der Waals surface area contributed by atoms with Crippen molar-refractivity contribution in [3.63, 3.8) is 0 Å². The third-order valence-corrected chi connectivity index (χ3v) is 5.26. The summed E-state index contributed by atoms with van der Waals surface area (Å²) in [4.78, 5) is 50.1. The molecular formula is C25H20N2O5. The Hall–Kier alpha value is -4.26. The molecule has 0 unspecified atom stereocenters. The molecule has 4 rings (SSSR count). The van der Waals surface area contributed by atoms with Crippen LogP contribution in [0.3, 0.4) is 0 Å². The van der Waals surface area contributed by atoms with Crippen molar-refractivity contribution in [2.75, 3.05) is 7.11 Å². The molecule has 160 valence electrons. The Kier molecular flexibility index (Phi) is 5.81. The molecule has 32 heavy (non-hydrogen) atoms. The first kappa shape index (κ1) is 21.0. The summed E-state index contributed by atoms with van der Waals surface area (Å²) in [5, 5.41) is 2.82. The first-order valence-electron chi connectivity index (χ1n) is 9.97. The topological polar surface area (TPSA) is 92.8 Å². The molecule has 3 aromatic rings. The largest absolute Gasteiger partial charge is 0.465 e. The van der Waals surface area contributed by atoms with Crippen LogP contribution in [0.15, 0.2) is 72.8 Å². The highest BCUT2D eigenvalue weighted by molar-refractivity contribution is 6.21. The van der Waals surface area contributed by atoms with E-state index in [1.54, 1.807) is 72.8 Å². The fourth-order valence-corrected chi connectivity index (χ4v) is 3.49. The third-order valence-electron chi connectivity index (χ3n) is 5.26. The molecule has 1 heterocycles. The normalized spacial score (nSPS) is 12.5. The molecule has 1 aliphatic rings. The molecule has 0 aliphatic carbocycles. The number of carbonyl (C=O) groups is 4. The van der Waals surface area contributed by atoms with Gasteiger partial charge in [-0.1, -0.05) is 36.4 Å². The van der Waals surface area contributed by atoms with Crippen molar-refractivity contribution in [2.45, 2.75) is 13.1 Å². The average molecular weight is 428 g/mol. The van der Waals surface area contributed by atoms with Crippen LogP contribution in [0.4, 0.5) is 0 Å². The minimum Gasteiger partial charge on any atom is -0.465 e. The average Bonchev–Trinajstić information content (AvgIpc) is 3.08. The molecule has 0 bridgehead atoms. The zero-order valence-electron chi connectivity index (χ0n) is 17.3. The number of imide groups is 1. The van der Waals surface area contributed by atoms with E-state index in [1.165, 1.54) is 12.0 Å². The number of amides is 3. The Morgan fingerprint density at radius 1 is 0.781 bits per heavy atom. The third kappa shape index (κ3) is 4.13. The summed E-state index contributed by atoms with van der Waals surface area (Å²) >= 11 is 0. The molecule has 0 atom stereocenters. The van der Waals surface area contributed by atoms with Crippen molar-refractivity contribution in [2.24, 2.45) is 0 Å². The molecule has 0 saturated carbocycles. The first-order chi connectivity index (χ1) is 15.5. The van der Waals surface area contributed by atoms with E-state index < -0.39 is 5.97 Å². The molecule has 0 spiro atoms. The number of nitrogens with one attached hydrogen (secondary N) is 1. The summed E-state index contributed by atoms with van der Waals surface area (Å²) in [5.74, 6) is -1.30. The van der Waals surface area contributed by atoms with E-state index in [9.17, 15) is 19.2 Å². The van der Waals surface area contributed by atoms with Gasteiger partial charge in [0, 0.05) is 12.1 Å². The lowest BCUT2D eigenvalue weighted by atomic mass is 10.1. The van der Waals surface area contributed by atoms with Crippen LogP contribution in [0.2, 0.25) is 0 Å². The van der Waals surface area contributed by atoms with Gasteiger partial charge in [-0.15, -0.1) is 0 Å². The first-order valence-corrected chi connectivity index (χ1v) is 9.97. The number of hydrogen-bond acceptors (Lipinski definition) is 5. The van der Waals surface area contributed by atoms with Gasteiger partial charge in [-0.05, 0) is 47.5 Å². The van der Waals surface area contributed by atoms with Gasteiger partial charge in [0.05, 0.1) is 30.3 Å². The van der Waals surface area contributed by atoms with Gasteiger partial charge in [-0.25, -0.2) is 4.79 Å². The fourth-order valence-electron chi connectivity index (χ4n) is 3.49. The zero-order chi connectivity index (χ0) is 22.7. The van der Waals surface area contributed by atoms with Gasteiger partial charge in [0.25, 0.3) is 17.7 Å².